The van der Waals surface area contributed by atoms with Crippen molar-refractivity contribution < 1.29 is 14.4 Å². The lowest BCUT2D eigenvalue weighted by atomic mass is 10.0. The van der Waals surface area contributed by atoms with Crippen LogP contribution in [0.4, 0.5) is 0 Å². The summed E-state index contributed by atoms with van der Waals surface area (Å²) in [6.45, 7) is 5.82. The standard InChI is InChI=1S/C15H21N3O3/c1-5-10-12(9(3)19)8(2)16-13(10)14(20)17-11-6-7-18(4)15(11)21/h11,16H,5-7H2,1-4H3,(H,17,20). The highest BCUT2D eigenvalue weighted by Crippen LogP contribution is 2.21. The number of amides is 2. The van der Waals surface area contributed by atoms with E-state index < -0.39 is 6.04 Å². The number of Topliss-reactive ketones (excluding diaryl/α,β-unsaturated/α-hetero) is 1. The molecule has 0 aliphatic carbocycles. The van der Waals surface area contributed by atoms with Crippen molar-refractivity contribution in [3.63, 3.8) is 0 Å². The van der Waals surface area contributed by atoms with Crippen molar-refractivity contribution in [2.75, 3.05) is 13.6 Å². The van der Waals surface area contributed by atoms with E-state index in [4.69, 9.17) is 0 Å². The zero-order chi connectivity index (χ0) is 15.7. The molecule has 2 heterocycles. The molecule has 6 heteroatoms. The number of likely N-dealkylation sites (N-methyl/N-ethyl adjacent to an activating group) is 1. The van der Waals surface area contributed by atoms with Gasteiger partial charge in [-0.2, -0.15) is 0 Å². The molecule has 1 atom stereocenters. The Hall–Kier alpha value is -2.11. The van der Waals surface area contributed by atoms with Gasteiger partial charge in [-0.15, -0.1) is 0 Å². The minimum Gasteiger partial charge on any atom is -0.354 e. The van der Waals surface area contributed by atoms with Crippen molar-refractivity contribution in [3.05, 3.63) is 22.5 Å². The van der Waals surface area contributed by atoms with E-state index in [9.17, 15) is 14.4 Å². The molecule has 114 valence electrons. The number of nitrogens with one attached hydrogen (secondary N) is 2. The van der Waals surface area contributed by atoms with Crippen molar-refractivity contribution in [2.24, 2.45) is 0 Å². The average Bonchev–Trinajstić information content (AvgIpc) is 2.92. The molecule has 1 aliphatic heterocycles. The summed E-state index contributed by atoms with van der Waals surface area (Å²) < 4.78 is 0. The highest BCUT2D eigenvalue weighted by Gasteiger charge is 2.31. The maximum atomic E-state index is 12.4. The van der Waals surface area contributed by atoms with Crippen LogP contribution in [-0.2, 0) is 11.2 Å². The molecular weight excluding hydrogens is 270 g/mol. The van der Waals surface area contributed by atoms with Crippen molar-refractivity contribution in [1.82, 2.24) is 15.2 Å². The number of aromatic amines is 1. The van der Waals surface area contributed by atoms with Crippen LogP contribution in [-0.4, -0.2) is 47.1 Å². The lowest BCUT2D eigenvalue weighted by Crippen LogP contribution is -2.41. The summed E-state index contributed by atoms with van der Waals surface area (Å²) in [5.41, 5.74) is 2.38. The van der Waals surface area contributed by atoms with Gasteiger partial charge in [0.15, 0.2) is 5.78 Å². The van der Waals surface area contributed by atoms with Crippen LogP contribution in [0.5, 0.6) is 0 Å². The predicted molar refractivity (Wildman–Crippen MR) is 78.4 cm³/mol. The molecule has 1 unspecified atom stereocenters. The Morgan fingerprint density at radius 1 is 1.43 bits per heavy atom. The first-order valence-corrected chi connectivity index (χ1v) is 7.15. The first-order valence-electron chi connectivity index (χ1n) is 7.15. The van der Waals surface area contributed by atoms with Crippen LogP contribution in [0.25, 0.3) is 0 Å². The minimum absolute atomic E-state index is 0.0590. The molecule has 6 nitrogen and oxygen atoms in total. The zero-order valence-corrected chi connectivity index (χ0v) is 12.9. The molecule has 2 rings (SSSR count). The van der Waals surface area contributed by atoms with Gasteiger partial charge in [0.25, 0.3) is 5.91 Å². The molecule has 1 aromatic rings. The Balaban J connectivity index is 2.26. The number of hydrogen-bond acceptors (Lipinski definition) is 3. The number of carbonyl (C=O) groups is 3. The Bertz CT molecular complexity index is 604. The van der Waals surface area contributed by atoms with Gasteiger partial charge >= 0.3 is 0 Å². The number of rotatable bonds is 4. The minimum atomic E-state index is -0.475. The summed E-state index contributed by atoms with van der Waals surface area (Å²) >= 11 is 0. The largest absolute Gasteiger partial charge is 0.354 e. The lowest BCUT2D eigenvalue weighted by Gasteiger charge is -2.12. The number of H-pyrrole nitrogens is 1. The highest BCUT2D eigenvalue weighted by molar-refractivity contribution is 6.03. The molecule has 0 saturated carbocycles. The maximum Gasteiger partial charge on any atom is 0.268 e. The van der Waals surface area contributed by atoms with E-state index in [1.165, 1.54) is 6.92 Å². The van der Waals surface area contributed by atoms with Gasteiger partial charge < -0.3 is 15.2 Å². The van der Waals surface area contributed by atoms with Gasteiger partial charge in [-0.3, -0.25) is 14.4 Å². The first-order chi connectivity index (χ1) is 9.86. The summed E-state index contributed by atoms with van der Waals surface area (Å²) in [4.78, 5) is 40.6. The maximum absolute atomic E-state index is 12.4. The van der Waals surface area contributed by atoms with Crippen LogP contribution >= 0.6 is 0 Å². The van der Waals surface area contributed by atoms with Gasteiger partial charge in [0.05, 0.1) is 0 Å². The van der Waals surface area contributed by atoms with E-state index in [-0.39, 0.29) is 17.6 Å². The molecular formula is C15H21N3O3. The van der Waals surface area contributed by atoms with E-state index in [1.807, 2.05) is 6.92 Å². The summed E-state index contributed by atoms with van der Waals surface area (Å²) in [5, 5.41) is 2.76. The van der Waals surface area contributed by atoms with Crippen molar-refractivity contribution >= 4 is 17.6 Å². The molecule has 1 saturated heterocycles. The smallest absolute Gasteiger partial charge is 0.268 e. The van der Waals surface area contributed by atoms with Crippen LogP contribution in [0.2, 0.25) is 0 Å². The van der Waals surface area contributed by atoms with Gasteiger partial charge in [-0.05, 0) is 32.3 Å². The molecule has 0 spiro atoms. The topological polar surface area (TPSA) is 82.3 Å². The summed E-state index contributed by atoms with van der Waals surface area (Å²) in [5.74, 6) is -0.455. The van der Waals surface area contributed by atoms with E-state index in [0.29, 0.717) is 36.3 Å². The predicted octanol–water partition coefficient (Wildman–Crippen LogP) is 1.05. The fourth-order valence-corrected chi connectivity index (χ4v) is 2.89. The zero-order valence-electron chi connectivity index (χ0n) is 12.9. The van der Waals surface area contributed by atoms with E-state index in [0.717, 1.165) is 5.56 Å². The fraction of sp³-hybridized carbons (Fsp3) is 0.533. The molecule has 1 aliphatic rings. The fourth-order valence-electron chi connectivity index (χ4n) is 2.89. The molecule has 1 fully saturated rings. The number of aromatic nitrogens is 1. The molecule has 2 N–H and O–H groups in total. The lowest BCUT2D eigenvalue weighted by molar-refractivity contribution is -0.128. The number of hydrogen-bond donors (Lipinski definition) is 2. The monoisotopic (exact) mass is 291 g/mol. The van der Waals surface area contributed by atoms with E-state index in [1.54, 1.807) is 18.9 Å². The van der Waals surface area contributed by atoms with Gasteiger partial charge in [0.2, 0.25) is 5.91 Å². The second kappa shape index (κ2) is 5.71. The summed E-state index contributed by atoms with van der Waals surface area (Å²) in [7, 11) is 1.72. The van der Waals surface area contributed by atoms with Crippen LogP contribution < -0.4 is 5.32 Å². The number of nitrogens with zero attached hydrogens (tertiary/aromatic N) is 1. The van der Waals surface area contributed by atoms with Crippen LogP contribution in [0.15, 0.2) is 0 Å². The molecule has 2 amide bonds. The Morgan fingerprint density at radius 2 is 2.10 bits per heavy atom. The Labute approximate surface area is 123 Å². The third-order valence-electron chi connectivity index (χ3n) is 3.96. The second-order valence-corrected chi connectivity index (χ2v) is 5.46. The highest BCUT2D eigenvalue weighted by atomic mass is 16.2. The normalized spacial score (nSPS) is 18.2. The average molecular weight is 291 g/mol. The number of carbonyl (C=O) groups excluding carboxylic acids is 3. The first kappa shape index (κ1) is 15.3. The van der Waals surface area contributed by atoms with E-state index >= 15 is 0 Å². The number of likely N-dealkylation sites (tertiary alicyclic amines) is 1. The molecule has 0 radical (unpaired) electrons. The Kier molecular flexibility index (Phi) is 4.16. The van der Waals surface area contributed by atoms with Gasteiger partial charge in [0.1, 0.15) is 11.7 Å². The van der Waals surface area contributed by atoms with Gasteiger partial charge in [0, 0.05) is 24.8 Å². The quantitative estimate of drug-likeness (QED) is 0.813. The molecule has 21 heavy (non-hydrogen) atoms. The Morgan fingerprint density at radius 3 is 2.57 bits per heavy atom. The van der Waals surface area contributed by atoms with Crippen molar-refractivity contribution in [2.45, 2.75) is 39.7 Å². The third-order valence-corrected chi connectivity index (χ3v) is 3.96. The SMILES string of the molecule is CCc1c(C(=O)NC2CCN(C)C2=O)[nH]c(C)c1C(C)=O. The van der Waals surface area contributed by atoms with Crippen molar-refractivity contribution in [1.29, 1.82) is 0 Å². The van der Waals surface area contributed by atoms with Crippen molar-refractivity contribution in [3.8, 4) is 0 Å². The molecule has 0 bridgehead atoms. The van der Waals surface area contributed by atoms with Crippen LogP contribution in [0, 0.1) is 6.92 Å². The van der Waals surface area contributed by atoms with Crippen LogP contribution in [0.3, 0.4) is 0 Å². The number of aryl methyl sites for hydroxylation is 1. The third kappa shape index (κ3) is 2.70. The van der Waals surface area contributed by atoms with Gasteiger partial charge in [-0.25, -0.2) is 0 Å². The second-order valence-electron chi connectivity index (χ2n) is 5.46. The molecule has 0 aromatic carbocycles. The summed E-state index contributed by atoms with van der Waals surface area (Å²) in [6.07, 6.45) is 1.20. The number of ketones is 1. The van der Waals surface area contributed by atoms with Gasteiger partial charge in [-0.1, -0.05) is 6.92 Å². The summed E-state index contributed by atoms with van der Waals surface area (Å²) in [6, 6.07) is -0.475. The molecule has 1 aromatic heterocycles. The van der Waals surface area contributed by atoms with Crippen LogP contribution in [0.1, 0.15) is 52.4 Å². The van der Waals surface area contributed by atoms with E-state index in [2.05, 4.69) is 10.3 Å².